The molecule has 0 amide bonds. The van der Waals surface area contributed by atoms with E-state index in [0.29, 0.717) is 6.04 Å². The summed E-state index contributed by atoms with van der Waals surface area (Å²) in [6.45, 7) is 2.34. The lowest BCUT2D eigenvalue weighted by Gasteiger charge is -2.39. The molecule has 0 bridgehead atoms. The molecule has 2 rings (SSSR count). The number of hydrogen-bond acceptors (Lipinski definition) is 2. The fourth-order valence-electron chi connectivity index (χ4n) is 4.11. The molecule has 2 aliphatic carbocycles. The summed E-state index contributed by atoms with van der Waals surface area (Å²) in [5.74, 6) is 8.56. The Morgan fingerprint density at radius 2 is 1.53 bits per heavy atom. The molecule has 0 aliphatic heterocycles. The summed E-state index contributed by atoms with van der Waals surface area (Å²) in [4.78, 5) is 0. The van der Waals surface area contributed by atoms with Crippen molar-refractivity contribution >= 4 is 0 Å². The van der Waals surface area contributed by atoms with Crippen LogP contribution in [0.3, 0.4) is 0 Å². The molecule has 1 atom stereocenters. The summed E-state index contributed by atoms with van der Waals surface area (Å²) in [6.07, 6.45) is 14.2. The molecule has 0 aromatic heterocycles. The van der Waals surface area contributed by atoms with Gasteiger partial charge in [-0.3, -0.25) is 11.3 Å². The zero-order valence-electron chi connectivity index (χ0n) is 11.5. The first-order valence-corrected chi connectivity index (χ1v) is 7.81. The molecule has 17 heavy (non-hydrogen) atoms. The Hall–Kier alpha value is -0.0800. The minimum absolute atomic E-state index is 0.605. The van der Waals surface area contributed by atoms with Crippen molar-refractivity contribution in [3.8, 4) is 0 Å². The summed E-state index contributed by atoms with van der Waals surface area (Å²) < 4.78 is 0. The highest BCUT2D eigenvalue weighted by atomic mass is 15.2. The Morgan fingerprint density at radius 1 is 0.941 bits per heavy atom. The summed E-state index contributed by atoms with van der Waals surface area (Å²) in [6, 6.07) is 0.605. The van der Waals surface area contributed by atoms with Crippen LogP contribution < -0.4 is 11.3 Å². The highest BCUT2D eigenvalue weighted by Gasteiger charge is 2.32. The third kappa shape index (κ3) is 3.45. The minimum atomic E-state index is 0.605. The minimum Gasteiger partial charge on any atom is -0.271 e. The van der Waals surface area contributed by atoms with Crippen molar-refractivity contribution in [1.82, 2.24) is 5.43 Å². The van der Waals surface area contributed by atoms with E-state index < -0.39 is 0 Å². The molecular formula is C15H30N2. The van der Waals surface area contributed by atoms with Gasteiger partial charge in [0.1, 0.15) is 0 Å². The predicted octanol–water partition coefficient (Wildman–Crippen LogP) is 3.62. The number of nitrogens with two attached hydrogens (primary N) is 1. The van der Waals surface area contributed by atoms with Crippen molar-refractivity contribution in [1.29, 1.82) is 0 Å². The summed E-state index contributed by atoms with van der Waals surface area (Å²) in [5, 5.41) is 0. The topological polar surface area (TPSA) is 38.0 Å². The lowest BCUT2D eigenvalue weighted by Crippen LogP contribution is -2.47. The van der Waals surface area contributed by atoms with Gasteiger partial charge in [0, 0.05) is 6.04 Å². The fraction of sp³-hybridized carbons (Fsp3) is 1.00. The quantitative estimate of drug-likeness (QED) is 0.580. The van der Waals surface area contributed by atoms with E-state index in [0.717, 1.165) is 17.8 Å². The standard InChI is InChI=1S/C15H30N2/c1-2-12-8-10-14(11-9-12)15(17-16)13-6-4-3-5-7-13/h12-15,17H,2-11,16H2,1H3. The SMILES string of the molecule is CCC1CCC(C(NN)C2CCCCC2)CC1. The maximum absolute atomic E-state index is 5.85. The van der Waals surface area contributed by atoms with E-state index in [9.17, 15) is 0 Å². The third-order valence-corrected chi connectivity index (χ3v) is 5.33. The van der Waals surface area contributed by atoms with Crippen LogP contribution in [0.15, 0.2) is 0 Å². The number of hydrogen-bond donors (Lipinski definition) is 2. The molecule has 2 saturated carbocycles. The van der Waals surface area contributed by atoms with Gasteiger partial charge < -0.3 is 0 Å². The Labute approximate surface area is 107 Å². The van der Waals surface area contributed by atoms with Gasteiger partial charge in [0.05, 0.1) is 0 Å². The van der Waals surface area contributed by atoms with Crippen LogP contribution in [0.25, 0.3) is 0 Å². The molecule has 100 valence electrons. The molecule has 2 nitrogen and oxygen atoms in total. The van der Waals surface area contributed by atoms with Crippen molar-refractivity contribution in [3.63, 3.8) is 0 Å². The number of hydrazine groups is 1. The monoisotopic (exact) mass is 238 g/mol. The van der Waals surface area contributed by atoms with Gasteiger partial charge in [-0.15, -0.1) is 0 Å². The van der Waals surface area contributed by atoms with Crippen LogP contribution in [-0.2, 0) is 0 Å². The van der Waals surface area contributed by atoms with Gasteiger partial charge in [-0.25, -0.2) is 0 Å². The van der Waals surface area contributed by atoms with Crippen LogP contribution >= 0.6 is 0 Å². The van der Waals surface area contributed by atoms with Crippen molar-refractivity contribution in [2.24, 2.45) is 23.6 Å². The zero-order chi connectivity index (χ0) is 12.1. The third-order valence-electron chi connectivity index (χ3n) is 5.33. The van der Waals surface area contributed by atoms with E-state index in [1.165, 1.54) is 64.2 Å². The Balaban J connectivity index is 1.85. The van der Waals surface area contributed by atoms with Crippen molar-refractivity contribution < 1.29 is 0 Å². The van der Waals surface area contributed by atoms with E-state index in [1.54, 1.807) is 0 Å². The van der Waals surface area contributed by atoms with Crippen LogP contribution in [-0.4, -0.2) is 6.04 Å². The first kappa shape index (κ1) is 13.4. The molecule has 0 saturated heterocycles. The molecular weight excluding hydrogens is 208 g/mol. The Bertz CT molecular complexity index is 203. The van der Waals surface area contributed by atoms with Crippen LogP contribution in [0, 0.1) is 17.8 Å². The molecule has 0 aromatic rings. The normalized spacial score (nSPS) is 33.5. The van der Waals surface area contributed by atoms with Gasteiger partial charge >= 0.3 is 0 Å². The second-order valence-electron chi connectivity index (χ2n) is 6.28. The highest BCUT2D eigenvalue weighted by Crippen LogP contribution is 2.37. The maximum Gasteiger partial charge on any atom is 0.0266 e. The Morgan fingerprint density at radius 3 is 2.06 bits per heavy atom. The molecule has 2 aliphatic rings. The largest absolute Gasteiger partial charge is 0.271 e. The van der Waals surface area contributed by atoms with Crippen molar-refractivity contribution in [2.75, 3.05) is 0 Å². The van der Waals surface area contributed by atoms with Gasteiger partial charge in [0.15, 0.2) is 0 Å². The fourth-order valence-corrected chi connectivity index (χ4v) is 4.11. The van der Waals surface area contributed by atoms with Gasteiger partial charge in [0.25, 0.3) is 0 Å². The Kier molecular flexibility index (Phi) is 5.30. The van der Waals surface area contributed by atoms with Gasteiger partial charge in [0.2, 0.25) is 0 Å². The number of rotatable bonds is 4. The van der Waals surface area contributed by atoms with E-state index >= 15 is 0 Å². The molecule has 0 heterocycles. The highest BCUT2D eigenvalue weighted by molar-refractivity contribution is 4.86. The van der Waals surface area contributed by atoms with E-state index in [1.807, 2.05) is 0 Å². The molecule has 0 radical (unpaired) electrons. The van der Waals surface area contributed by atoms with E-state index in [4.69, 9.17) is 5.84 Å². The molecule has 2 heteroatoms. The van der Waals surface area contributed by atoms with E-state index in [2.05, 4.69) is 12.3 Å². The maximum atomic E-state index is 5.85. The second kappa shape index (κ2) is 6.75. The van der Waals surface area contributed by atoms with Crippen LogP contribution in [0.4, 0.5) is 0 Å². The summed E-state index contributed by atoms with van der Waals surface area (Å²) in [5.41, 5.74) is 3.17. The molecule has 1 unspecified atom stereocenters. The molecule has 0 spiro atoms. The first-order valence-electron chi connectivity index (χ1n) is 7.81. The summed E-state index contributed by atoms with van der Waals surface area (Å²) in [7, 11) is 0. The number of nitrogens with one attached hydrogen (secondary N) is 1. The summed E-state index contributed by atoms with van der Waals surface area (Å²) >= 11 is 0. The second-order valence-corrected chi connectivity index (χ2v) is 6.28. The van der Waals surface area contributed by atoms with Crippen molar-refractivity contribution in [3.05, 3.63) is 0 Å². The average molecular weight is 238 g/mol. The van der Waals surface area contributed by atoms with Gasteiger partial charge in [-0.2, -0.15) is 0 Å². The lowest BCUT2D eigenvalue weighted by molar-refractivity contribution is 0.152. The molecule has 0 aromatic carbocycles. The van der Waals surface area contributed by atoms with Crippen LogP contribution in [0.5, 0.6) is 0 Å². The van der Waals surface area contributed by atoms with E-state index in [-0.39, 0.29) is 0 Å². The lowest BCUT2D eigenvalue weighted by atomic mass is 9.71. The smallest absolute Gasteiger partial charge is 0.0266 e. The van der Waals surface area contributed by atoms with Crippen LogP contribution in [0.2, 0.25) is 0 Å². The van der Waals surface area contributed by atoms with Crippen molar-refractivity contribution in [2.45, 2.75) is 77.2 Å². The van der Waals surface area contributed by atoms with Gasteiger partial charge in [-0.1, -0.05) is 45.4 Å². The molecule has 2 fully saturated rings. The van der Waals surface area contributed by atoms with Crippen LogP contribution in [0.1, 0.15) is 71.1 Å². The molecule has 3 N–H and O–H groups in total. The predicted molar refractivity (Wildman–Crippen MR) is 73.4 cm³/mol. The average Bonchev–Trinajstić information content (AvgIpc) is 2.42. The zero-order valence-corrected chi connectivity index (χ0v) is 11.5. The van der Waals surface area contributed by atoms with Gasteiger partial charge in [-0.05, 0) is 43.4 Å². The first-order chi connectivity index (χ1) is 8.35.